The number of imidazole rings is 1. The Kier molecular flexibility index (Phi) is 2.28. The highest BCUT2D eigenvalue weighted by Crippen LogP contribution is 2.27. The Bertz CT molecular complexity index is 360. The van der Waals surface area contributed by atoms with E-state index in [0.29, 0.717) is 5.82 Å². The number of nitrogens with zero attached hydrogens (tertiary/aromatic N) is 1. The van der Waals surface area contributed by atoms with Gasteiger partial charge in [0.05, 0.1) is 6.04 Å². The van der Waals surface area contributed by atoms with Crippen LogP contribution in [0.5, 0.6) is 0 Å². The fourth-order valence-corrected chi connectivity index (χ4v) is 1.56. The highest BCUT2D eigenvalue weighted by molar-refractivity contribution is 6.40. The number of nitrogens with one attached hydrogen (secondary N) is 2. The Balaban J connectivity index is 2.27. The van der Waals surface area contributed by atoms with E-state index in [9.17, 15) is 4.79 Å². The first-order valence-corrected chi connectivity index (χ1v) is 4.71. The number of amides is 1. The van der Waals surface area contributed by atoms with E-state index in [-0.39, 0.29) is 16.3 Å². The van der Waals surface area contributed by atoms with Crippen LogP contribution in [-0.2, 0) is 4.74 Å². The molecular weight excluding hydrogens is 229 g/mol. The van der Waals surface area contributed by atoms with Gasteiger partial charge in [-0.25, -0.2) is 9.78 Å². The molecule has 5 nitrogen and oxygen atoms in total. The summed E-state index contributed by atoms with van der Waals surface area (Å²) in [4.78, 5) is 17.6. The zero-order valence-corrected chi connectivity index (χ0v) is 8.69. The lowest BCUT2D eigenvalue weighted by molar-refractivity contribution is 0.129. The quantitative estimate of drug-likeness (QED) is 0.782. The van der Waals surface area contributed by atoms with Crippen molar-refractivity contribution in [3.05, 3.63) is 16.1 Å². The second-order valence-electron chi connectivity index (χ2n) is 2.99. The first-order chi connectivity index (χ1) is 6.58. The monoisotopic (exact) mass is 235 g/mol. The van der Waals surface area contributed by atoms with Gasteiger partial charge in [0.25, 0.3) is 0 Å². The van der Waals surface area contributed by atoms with Crippen LogP contribution in [-0.4, -0.2) is 22.1 Å². The summed E-state index contributed by atoms with van der Waals surface area (Å²) >= 11 is 11.3. The minimum absolute atomic E-state index is 0.152. The number of ether oxygens (including phenoxy) is 1. The van der Waals surface area contributed by atoms with E-state index < -0.39 is 12.2 Å². The van der Waals surface area contributed by atoms with Crippen LogP contribution in [0.25, 0.3) is 0 Å². The maximum absolute atomic E-state index is 10.9. The van der Waals surface area contributed by atoms with Gasteiger partial charge in [0, 0.05) is 0 Å². The number of cyclic esters (lactones) is 1. The summed E-state index contributed by atoms with van der Waals surface area (Å²) in [5.74, 6) is 0.450. The van der Waals surface area contributed by atoms with E-state index in [2.05, 4.69) is 15.3 Å². The number of rotatable bonds is 1. The summed E-state index contributed by atoms with van der Waals surface area (Å²) in [5.41, 5.74) is 0. The summed E-state index contributed by atoms with van der Waals surface area (Å²) in [6.45, 7) is 1.81. The van der Waals surface area contributed by atoms with Crippen molar-refractivity contribution in [3.63, 3.8) is 0 Å². The number of hydrogen-bond donors (Lipinski definition) is 2. The maximum Gasteiger partial charge on any atom is 0.408 e. The molecule has 1 saturated heterocycles. The Morgan fingerprint density at radius 3 is 2.64 bits per heavy atom. The Labute approximate surface area is 89.7 Å². The molecule has 0 saturated carbocycles. The molecule has 2 rings (SSSR count). The highest BCUT2D eigenvalue weighted by Gasteiger charge is 2.34. The van der Waals surface area contributed by atoms with Gasteiger partial charge in [-0.2, -0.15) is 0 Å². The molecule has 0 bridgehead atoms. The number of halogens is 2. The smallest absolute Gasteiger partial charge is 0.408 e. The fourth-order valence-electron chi connectivity index (χ4n) is 1.29. The molecule has 76 valence electrons. The molecule has 1 aliphatic rings. The summed E-state index contributed by atoms with van der Waals surface area (Å²) < 4.78 is 4.97. The third kappa shape index (κ3) is 1.53. The Hall–Kier alpha value is -0.940. The van der Waals surface area contributed by atoms with E-state index >= 15 is 0 Å². The first kappa shape index (κ1) is 9.61. The molecule has 14 heavy (non-hydrogen) atoms. The van der Waals surface area contributed by atoms with Crippen molar-refractivity contribution in [1.29, 1.82) is 0 Å². The predicted molar refractivity (Wildman–Crippen MR) is 50.4 cm³/mol. The van der Waals surface area contributed by atoms with Gasteiger partial charge in [-0.05, 0) is 6.92 Å². The van der Waals surface area contributed by atoms with Crippen molar-refractivity contribution in [2.45, 2.75) is 19.1 Å². The molecule has 7 heteroatoms. The molecule has 0 unspecified atom stereocenters. The molecule has 2 N–H and O–H groups in total. The molecule has 2 atom stereocenters. The zero-order chi connectivity index (χ0) is 10.3. The largest absolute Gasteiger partial charge is 0.436 e. The SMILES string of the molecule is C[C@@H]1NC(=O)O[C@@H]1c1nc(Cl)c(Cl)[nH]1. The predicted octanol–water partition coefficient (Wildman–Crippen LogP) is 1.89. The highest BCUT2D eigenvalue weighted by atomic mass is 35.5. The third-order valence-corrected chi connectivity index (χ3v) is 2.58. The van der Waals surface area contributed by atoms with Crippen LogP contribution in [0.1, 0.15) is 18.9 Å². The van der Waals surface area contributed by atoms with Gasteiger partial charge < -0.3 is 15.0 Å². The van der Waals surface area contributed by atoms with Crippen molar-refractivity contribution in [1.82, 2.24) is 15.3 Å². The van der Waals surface area contributed by atoms with Crippen molar-refractivity contribution in [2.24, 2.45) is 0 Å². The summed E-state index contributed by atoms with van der Waals surface area (Å²) in [7, 11) is 0. The van der Waals surface area contributed by atoms with Crippen molar-refractivity contribution >= 4 is 29.3 Å². The molecule has 0 aromatic carbocycles. The van der Waals surface area contributed by atoms with E-state index in [1.807, 2.05) is 0 Å². The summed E-state index contributed by atoms with van der Waals surface area (Å²) in [6.07, 6.45) is -0.932. The normalized spacial score (nSPS) is 26.1. The number of H-pyrrole nitrogens is 1. The molecule has 1 fully saturated rings. The topological polar surface area (TPSA) is 67.0 Å². The lowest BCUT2D eigenvalue weighted by Crippen LogP contribution is -2.24. The lowest BCUT2D eigenvalue weighted by Gasteiger charge is -2.08. The van der Waals surface area contributed by atoms with Gasteiger partial charge >= 0.3 is 6.09 Å². The number of alkyl carbamates (subject to hydrolysis) is 1. The number of hydrogen-bond acceptors (Lipinski definition) is 3. The maximum atomic E-state index is 10.9. The van der Waals surface area contributed by atoms with Gasteiger partial charge in [-0.1, -0.05) is 23.2 Å². The van der Waals surface area contributed by atoms with E-state index in [1.165, 1.54) is 0 Å². The second kappa shape index (κ2) is 3.33. The zero-order valence-electron chi connectivity index (χ0n) is 7.17. The van der Waals surface area contributed by atoms with Crippen molar-refractivity contribution < 1.29 is 9.53 Å². The molecule has 1 aromatic rings. The molecule has 0 spiro atoms. The Morgan fingerprint density at radius 1 is 1.50 bits per heavy atom. The van der Waals surface area contributed by atoms with Gasteiger partial charge in [0.1, 0.15) is 5.15 Å². The van der Waals surface area contributed by atoms with E-state index in [4.69, 9.17) is 27.9 Å². The number of carbonyl (C=O) groups is 1. The van der Waals surface area contributed by atoms with Crippen molar-refractivity contribution in [2.75, 3.05) is 0 Å². The van der Waals surface area contributed by atoms with E-state index in [1.54, 1.807) is 6.92 Å². The second-order valence-corrected chi connectivity index (χ2v) is 3.72. The van der Waals surface area contributed by atoms with Gasteiger partial charge in [-0.3, -0.25) is 0 Å². The van der Waals surface area contributed by atoms with Crippen molar-refractivity contribution in [3.8, 4) is 0 Å². The van der Waals surface area contributed by atoms with E-state index in [0.717, 1.165) is 0 Å². The van der Waals surface area contributed by atoms with Gasteiger partial charge in [-0.15, -0.1) is 0 Å². The summed E-state index contributed by atoms with van der Waals surface area (Å²) in [5, 5.41) is 3.01. The number of carbonyl (C=O) groups excluding carboxylic acids is 1. The molecule has 1 amide bonds. The average molecular weight is 236 g/mol. The van der Waals surface area contributed by atoms with Crippen LogP contribution in [0.4, 0.5) is 4.79 Å². The van der Waals surface area contributed by atoms with Crippen LogP contribution in [0, 0.1) is 0 Å². The minimum Gasteiger partial charge on any atom is -0.436 e. The minimum atomic E-state index is -0.467. The number of aromatic nitrogens is 2. The third-order valence-electron chi connectivity index (χ3n) is 1.94. The van der Waals surface area contributed by atoms with Gasteiger partial charge in [0.15, 0.2) is 17.1 Å². The average Bonchev–Trinajstić information content (AvgIpc) is 2.57. The lowest BCUT2D eigenvalue weighted by atomic mass is 10.2. The standard InChI is InChI=1S/C7H7Cl2N3O2/c1-2-3(14-7(13)10-2)6-11-4(8)5(9)12-6/h2-3H,1H3,(H,10,13)(H,11,12)/t2-,3-/m0/s1. The Morgan fingerprint density at radius 2 is 2.21 bits per heavy atom. The first-order valence-electron chi connectivity index (χ1n) is 3.96. The fraction of sp³-hybridized carbons (Fsp3) is 0.429. The molecule has 0 aliphatic carbocycles. The van der Waals surface area contributed by atoms with Crippen LogP contribution in [0.2, 0.25) is 10.3 Å². The molecule has 0 radical (unpaired) electrons. The molecule has 1 aromatic heterocycles. The van der Waals surface area contributed by atoms with Gasteiger partial charge in [0.2, 0.25) is 0 Å². The van der Waals surface area contributed by atoms with Crippen LogP contribution < -0.4 is 5.32 Å². The summed E-state index contributed by atoms with van der Waals surface area (Å²) in [6, 6.07) is -0.152. The van der Waals surface area contributed by atoms with Crippen LogP contribution >= 0.6 is 23.2 Å². The number of aromatic amines is 1. The van der Waals surface area contributed by atoms with Crippen LogP contribution in [0.3, 0.4) is 0 Å². The van der Waals surface area contributed by atoms with Crippen LogP contribution in [0.15, 0.2) is 0 Å². The molecular formula is C7H7Cl2N3O2. The molecule has 2 heterocycles. The molecule has 1 aliphatic heterocycles.